The van der Waals surface area contributed by atoms with Crippen LogP contribution >= 0.6 is 11.6 Å². The van der Waals surface area contributed by atoms with Crippen molar-refractivity contribution in [2.45, 2.75) is 25.1 Å². The van der Waals surface area contributed by atoms with Crippen molar-refractivity contribution in [3.63, 3.8) is 0 Å². The molecule has 1 unspecified atom stereocenters. The number of aryl methyl sites for hydroxylation is 1. The minimum atomic E-state index is -0.500. The Hall–Kier alpha value is -1.41. The van der Waals surface area contributed by atoms with Gasteiger partial charge in [-0.15, -0.1) is 11.6 Å². The van der Waals surface area contributed by atoms with E-state index in [-0.39, 0.29) is 10.9 Å². The van der Waals surface area contributed by atoms with Gasteiger partial charge in [-0.2, -0.15) is 0 Å². The van der Waals surface area contributed by atoms with E-state index in [0.29, 0.717) is 18.4 Å². The highest BCUT2D eigenvalue weighted by atomic mass is 35.5. The van der Waals surface area contributed by atoms with Crippen LogP contribution in [0.5, 0.6) is 0 Å². The SMILES string of the molecule is Cc1ccc(F)c(CCC(Cl)c2ccccc2)c1F. The van der Waals surface area contributed by atoms with Crippen molar-refractivity contribution >= 4 is 11.6 Å². The van der Waals surface area contributed by atoms with Gasteiger partial charge in [0.1, 0.15) is 11.6 Å². The first kappa shape index (κ1) is 14.0. The van der Waals surface area contributed by atoms with Gasteiger partial charge in [0.25, 0.3) is 0 Å². The summed E-state index contributed by atoms with van der Waals surface area (Å²) >= 11 is 6.26. The average Bonchev–Trinajstić information content (AvgIpc) is 2.44. The Bertz CT molecular complexity index is 552. The van der Waals surface area contributed by atoms with Crippen molar-refractivity contribution in [3.8, 4) is 0 Å². The second-order valence-corrected chi connectivity index (χ2v) is 5.10. The zero-order chi connectivity index (χ0) is 13.8. The summed E-state index contributed by atoms with van der Waals surface area (Å²) in [5.41, 5.74) is 1.56. The fourth-order valence-corrected chi connectivity index (χ4v) is 2.30. The number of hydrogen-bond acceptors (Lipinski definition) is 0. The van der Waals surface area contributed by atoms with Gasteiger partial charge in [0.15, 0.2) is 0 Å². The first-order valence-electron chi connectivity index (χ1n) is 6.22. The topological polar surface area (TPSA) is 0 Å². The lowest BCUT2D eigenvalue weighted by Crippen LogP contribution is -2.01. The molecule has 0 spiro atoms. The van der Waals surface area contributed by atoms with Crippen molar-refractivity contribution in [1.29, 1.82) is 0 Å². The van der Waals surface area contributed by atoms with Crippen LogP contribution < -0.4 is 0 Å². The van der Waals surface area contributed by atoms with E-state index in [1.165, 1.54) is 12.1 Å². The average molecular weight is 281 g/mol. The normalized spacial score (nSPS) is 12.4. The lowest BCUT2D eigenvalue weighted by molar-refractivity contribution is 0.543. The quantitative estimate of drug-likeness (QED) is 0.677. The molecule has 0 aliphatic rings. The predicted octanol–water partition coefficient (Wildman–Crippen LogP) is 5.19. The molecule has 3 heteroatoms. The second-order valence-electron chi connectivity index (χ2n) is 4.57. The van der Waals surface area contributed by atoms with Gasteiger partial charge in [-0.1, -0.05) is 36.4 Å². The van der Waals surface area contributed by atoms with Gasteiger partial charge in [0.2, 0.25) is 0 Å². The van der Waals surface area contributed by atoms with Crippen LogP contribution in [0.4, 0.5) is 8.78 Å². The van der Waals surface area contributed by atoms with Crippen molar-refractivity contribution in [1.82, 2.24) is 0 Å². The van der Waals surface area contributed by atoms with Crippen molar-refractivity contribution in [2.75, 3.05) is 0 Å². The van der Waals surface area contributed by atoms with Gasteiger partial charge in [-0.05, 0) is 37.0 Å². The fourth-order valence-electron chi connectivity index (χ4n) is 2.04. The highest BCUT2D eigenvalue weighted by Gasteiger charge is 2.14. The summed E-state index contributed by atoms with van der Waals surface area (Å²) in [6.45, 7) is 1.63. The molecule has 100 valence electrons. The lowest BCUT2D eigenvalue weighted by Gasteiger charge is -2.11. The molecule has 19 heavy (non-hydrogen) atoms. The van der Waals surface area contributed by atoms with E-state index in [1.54, 1.807) is 6.92 Å². The van der Waals surface area contributed by atoms with E-state index >= 15 is 0 Å². The maximum absolute atomic E-state index is 13.8. The van der Waals surface area contributed by atoms with E-state index in [0.717, 1.165) is 5.56 Å². The molecule has 1 atom stereocenters. The first-order valence-corrected chi connectivity index (χ1v) is 6.65. The van der Waals surface area contributed by atoms with Gasteiger partial charge in [0.05, 0.1) is 5.38 Å². The maximum Gasteiger partial charge on any atom is 0.132 e. The predicted molar refractivity (Wildman–Crippen MR) is 74.5 cm³/mol. The number of rotatable bonds is 4. The molecule has 0 saturated heterocycles. The molecule has 0 N–H and O–H groups in total. The molecule has 0 aromatic heterocycles. The second kappa shape index (κ2) is 6.16. The van der Waals surface area contributed by atoms with Crippen LogP contribution in [0, 0.1) is 18.6 Å². The molecule has 2 aromatic carbocycles. The molecular formula is C16H15ClF2. The zero-order valence-corrected chi connectivity index (χ0v) is 11.4. The summed E-state index contributed by atoms with van der Waals surface area (Å²) in [6.07, 6.45) is 0.797. The summed E-state index contributed by atoms with van der Waals surface area (Å²) in [7, 11) is 0. The van der Waals surface area contributed by atoms with Gasteiger partial charge in [-0.25, -0.2) is 8.78 Å². The monoisotopic (exact) mass is 280 g/mol. The number of benzene rings is 2. The molecule has 0 aliphatic heterocycles. The molecule has 0 heterocycles. The van der Waals surface area contributed by atoms with Crippen LogP contribution in [0.1, 0.15) is 28.5 Å². The Kier molecular flexibility index (Phi) is 4.54. The minimum absolute atomic E-state index is 0.126. The van der Waals surface area contributed by atoms with Gasteiger partial charge in [0, 0.05) is 5.56 Å². The highest BCUT2D eigenvalue weighted by Crippen LogP contribution is 2.27. The molecule has 0 fully saturated rings. The summed E-state index contributed by atoms with van der Waals surface area (Å²) in [4.78, 5) is 0. The Morgan fingerprint density at radius 1 is 1.05 bits per heavy atom. The molecule has 0 saturated carbocycles. The standard InChI is InChI=1S/C16H15ClF2/c1-11-7-10-15(18)13(16(11)19)8-9-14(17)12-5-3-2-4-6-12/h2-7,10,14H,8-9H2,1H3. The van der Waals surface area contributed by atoms with Crippen molar-refractivity contribution < 1.29 is 8.78 Å². The summed E-state index contributed by atoms with van der Waals surface area (Å²) in [5, 5.41) is -0.236. The molecule has 0 radical (unpaired) electrons. The molecule has 0 amide bonds. The molecule has 2 aromatic rings. The highest BCUT2D eigenvalue weighted by molar-refractivity contribution is 6.20. The van der Waals surface area contributed by atoms with Gasteiger partial charge >= 0.3 is 0 Å². The Labute approximate surface area is 117 Å². The largest absolute Gasteiger partial charge is 0.207 e. The van der Waals surface area contributed by atoms with E-state index in [2.05, 4.69) is 0 Å². The zero-order valence-electron chi connectivity index (χ0n) is 10.7. The summed E-state index contributed by atoms with van der Waals surface area (Å²) < 4.78 is 27.4. The van der Waals surface area contributed by atoms with E-state index in [1.807, 2.05) is 30.3 Å². The molecule has 0 bridgehead atoms. The van der Waals surface area contributed by atoms with Gasteiger partial charge < -0.3 is 0 Å². The van der Waals surface area contributed by atoms with E-state index < -0.39 is 11.6 Å². The van der Waals surface area contributed by atoms with Crippen molar-refractivity contribution in [3.05, 3.63) is 70.8 Å². The summed E-state index contributed by atoms with van der Waals surface area (Å²) in [5.74, 6) is -0.961. The minimum Gasteiger partial charge on any atom is -0.207 e. The Morgan fingerprint density at radius 2 is 1.74 bits per heavy atom. The number of halogens is 3. The van der Waals surface area contributed by atoms with Crippen molar-refractivity contribution in [2.24, 2.45) is 0 Å². The van der Waals surface area contributed by atoms with Crippen LogP contribution in [0.15, 0.2) is 42.5 Å². The van der Waals surface area contributed by atoms with Gasteiger partial charge in [-0.3, -0.25) is 0 Å². The molecule has 0 aliphatic carbocycles. The van der Waals surface area contributed by atoms with Crippen LogP contribution in [0.3, 0.4) is 0 Å². The first-order chi connectivity index (χ1) is 9.09. The third kappa shape index (κ3) is 3.32. The van der Waals surface area contributed by atoms with E-state index in [9.17, 15) is 8.78 Å². The van der Waals surface area contributed by atoms with Crippen LogP contribution in [0.2, 0.25) is 0 Å². The smallest absolute Gasteiger partial charge is 0.132 e. The van der Waals surface area contributed by atoms with Crippen LogP contribution in [-0.4, -0.2) is 0 Å². The number of alkyl halides is 1. The molecular weight excluding hydrogens is 266 g/mol. The third-order valence-electron chi connectivity index (χ3n) is 3.19. The fraction of sp³-hybridized carbons (Fsp3) is 0.250. The summed E-state index contributed by atoms with van der Waals surface area (Å²) in [6, 6.07) is 12.3. The van der Waals surface area contributed by atoms with Crippen LogP contribution in [-0.2, 0) is 6.42 Å². The number of hydrogen-bond donors (Lipinski definition) is 0. The lowest BCUT2D eigenvalue weighted by atomic mass is 10.0. The maximum atomic E-state index is 13.8. The Morgan fingerprint density at radius 3 is 2.42 bits per heavy atom. The third-order valence-corrected chi connectivity index (χ3v) is 3.66. The Balaban J connectivity index is 2.09. The molecule has 0 nitrogen and oxygen atoms in total. The van der Waals surface area contributed by atoms with Crippen LogP contribution in [0.25, 0.3) is 0 Å². The van der Waals surface area contributed by atoms with E-state index in [4.69, 9.17) is 11.6 Å². The molecule has 2 rings (SSSR count).